The number of aliphatic hydroxyl groups is 3. The predicted octanol–water partition coefficient (Wildman–Crippen LogP) is -2.81. The molecule has 0 atom stereocenters. The third-order valence-corrected chi connectivity index (χ3v) is 0.500. The highest BCUT2D eigenvalue weighted by atomic mass is 16.7. The van der Waals surface area contributed by atoms with Gasteiger partial charge in [0.1, 0.15) is 6.54 Å². The van der Waals surface area contributed by atoms with Gasteiger partial charge in [-0.2, -0.15) is 0 Å². The fraction of sp³-hybridized carbons (Fsp3) is 0.500. The molecule has 70 valence electrons. The summed E-state index contributed by atoms with van der Waals surface area (Å²) in [6, 6.07) is -0.934. The molecule has 0 unspecified atom stereocenters. The van der Waals surface area contributed by atoms with Crippen LogP contribution in [0.15, 0.2) is 0 Å². The summed E-state index contributed by atoms with van der Waals surface area (Å²) in [5, 5.41) is 31.5. The monoisotopic (exact) mass is 179 g/mol. The number of primary amides is 1. The van der Waals surface area contributed by atoms with Crippen molar-refractivity contribution in [2.45, 2.75) is 5.97 Å². The van der Waals surface area contributed by atoms with E-state index in [0.29, 0.717) is 0 Å². The molecule has 0 bridgehead atoms. The highest BCUT2D eigenvalue weighted by Gasteiger charge is 2.17. The van der Waals surface area contributed by atoms with Crippen molar-refractivity contribution in [2.75, 3.05) is 6.54 Å². The van der Waals surface area contributed by atoms with Gasteiger partial charge < -0.3 is 26.4 Å². The third kappa shape index (κ3) is 23.6. The number of carbonyl (C=O) groups excluding carboxylic acids is 2. The lowest BCUT2D eigenvalue weighted by atomic mass is 10.5. The number of urea groups is 1. The van der Waals surface area contributed by atoms with E-state index in [1.54, 1.807) is 5.32 Å². The molecule has 0 rings (SSSR count). The lowest BCUT2D eigenvalue weighted by molar-refractivity contribution is -0.305. The Labute approximate surface area is 67.1 Å². The lowest BCUT2D eigenvalue weighted by Gasteiger charge is -2.12. The molecule has 7 N–H and O–H groups in total. The highest BCUT2D eigenvalue weighted by Crippen LogP contribution is 1.86. The fourth-order valence-electron chi connectivity index (χ4n) is 0.206. The molecule has 12 heavy (non-hydrogen) atoms. The van der Waals surface area contributed by atoms with Crippen LogP contribution >= 0.6 is 0 Å². The van der Waals surface area contributed by atoms with Gasteiger partial charge in [-0.25, -0.2) is 15.0 Å². The second-order valence-corrected chi connectivity index (χ2v) is 1.59. The Morgan fingerprint density at radius 3 is 2.00 bits per heavy atom. The van der Waals surface area contributed by atoms with Crippen LogP contribution in [0.25, 0.3) is 0 Å². The first-order chi connectivity index (χ1) is 5.33. The third-order valence-electron chi connectivity index (χ3n) is 0.500. The van der Waals surface area contributed by atoms with E-state index in [9.17, 15) is 4.79 Å². The average molecular weight is 179 g/mol. The van der Waals surface area contributed by atoms with Gasteiger partial charge in [0.25, 0.3) is 5.97 Å². The van der Waals surface area contributed by atoms with Gasteiger partial charge in [0.05, 0.1) is 0 Å². The number of hydrogen-bond donors (Lipinski definition) is 6. The maximum absolute atomic E-state index is 9.82. The molecule has 8 heteroatoms. The van der Waals surface area contributed by atoms with E-state index in [-0.39, 0.29) is 0 Å². The number of nitrogens with one attached hydrogen (secondary N) is 2. The molecular weight excluding hydrogens is 170 g/mol. The summed E-state index contributed by atoms with van der Waals surface area (Å²) in [5.41, 5.74) is 4.52. The first-order valence-electron chi connectivity index (χ1n) is 2.57. The molecule has 0 aliphatic carbocycles. The minimum atomic E-state index is -2.88. The Bertz CT molecular complexity index is 168. The van der Waals surface area contributed by atoms with Crippen LogP contribution < -0.4 is 11.1 Å². The second kappa shape index (κ2) is 6.25. The maximum atomic E-state index is 9.82. The van der Waals surface area contributed by atoms with Gasteiger partial charge in [-0.15, -0.1) is 0 Å². The average Bonchev–Trinajstić information content (AvgIpc) is 1.84. The molecule has 0 aromatic heterocycles. The molecule has 0 heterocycles. The van der Waals surface area contributed by atoms with Crippen molar-refractivity contribution in [1.82, 2.24) is 5.32 Å². The van der Waals surface area contributed by atoms with Crippen LogP contribution in [-0.4, -0.2) is 39.9 Å². The Morgan fingerprint density at radius 2 is 1.92 bits per heavy atom. The first kappa shape index (κ1) is 13.1. The van der Waals surface area contributed by atoms with E-state index in [1.807, 2.05) is 0 Å². The summed E-state index contributed by atoms with van der Waals surface area (Å²) >= 11 is 0. The normalized spacial score (nSPS) is 8.92. The maximum Gasteiger partial charge on any atom is 0.312 e. The molecule has 0 spiro atoms. The van der Waals surface area contributed by atoms with E-state index in [4.69, 9.17) is 25.5 Å². The van der Waals surface area contributed by atoms with Crippen LogP contribution in [0.3, 0.4) is 0 Å². The summed E-state index contributed by atoms with van der Waals surface area (Å²) in [6.07, 6.45) is 0.750. The molecule has 0 radical (unpaired) electrons. The zero-order valence-corrected chi connectivity index (χ0v) is 5.94. The summed E-state index contributed by atoms with van der Waals surface area (Å²) < 4.78 is 0. The van der Waals surface area contributed by atoms with Crippen molar-refractivity contribution in [3.63, 3.8) is 0 Å². The molecule has 0 aliphatic heterocycles. The first-order valence-corrected chi connectivity index (χ1v) is 2.57. The summed E-state index contributed by atoms with van der Waals surface area (Å²) in [7, 11) is 0. The largest absolute Gasteiger partial charge is 0.352 e. The number of carbonyl (C=O) groups is 1. The summed E-state index contributed by atoms with van der Waals surface area (Å²) in [6.45, 7) is -0.706. The standard InChI is InChI=1S/C3H8N2O4.CHNO/c4-2(6)5-1-3(7,8)9;2-1-3/h7-9H,1H2,(H3,4,5,6);2H. The van der Waals surface area contributed by atoms with Gasteiger partial charge in [0.2, 0.25) is 6.08 Å². The smallest absolute Gasteiger partial charge is 0.312 e. The quantitative estimate of drug-likeness (QED) is 0.153. The summed E-state index contributed by atoms with van der Waals surface area (Å²) in [5.74, 6) is -2.88. The minimum Gasteiger partial charge on any atom is -0.352 e. The van der Waals surface area contributed by atoms with Crippen molar-refractivity contribution in [3.05, 3.63) is 0 Å². The number of amides is 2. The fourth-order valence-corrected chi connectivity index (χ4v) is 0.206. The van der Waals surface area contributed by atoms with Gasteiger partial charge in [-0.3, -0.25) is 0 Å². The highest BCUT2D eigenvalue weighted by molar-refractivity contribution is 5.71. The van der Waals surface area contributed by atoms with E-state index in [2.05, 4.69) is 5.73 Å². The van der Waals surface area contributed by atoms with Crippen LogP contribution in [0.5, 0.6) is 0 Å². The number of isocyanates is 1. The van der Waals surface area contributed by atoms with E-state index in [1.165, 1.54) is 0 Å². The van der Waals surface area contributed by atoms with Gasteiger partial charge >= 0.3 is 6.03 Å². The second-order valence-electron chi connectivity index (χ2n) is 1.59. The Balaban J connectivity index is 0. The zero-order valence-electron chi connectivity index (χ0n) is 5.94. The van der Waals surface area contributed by atoms with Crippen LogP contribution in [-0.2, 0) is 4.79 Å². The van der Waals surface area contributed by atoms with Gasteiger partial charge in [0.15, 0.2) is 0 Å². The Kier molecular flexibility index (Phi) is 6.85. The summed E-state index contributed by atoms with van der Waals surface area (Å²) in [4.78, 5) is 18.2. The molecule has 0 aromatic rings. The zero-order chi connectivity index (χ0) is 10.2. The number of hydrogen-bond acceptors (Lipinski definition) is 6. The lowest BCUT2D eigenvalue weighted by Crippen LogP contribution is -2.44. The van der Waals surface area contributed by atoms with E-state index >= 15 is 0 Å². The van der Waals surface area contributed by atoms with Crippen LogP contribution in [0.2, 0.25) is 0 Å². The minimum absolute atomic E-state index is 0.706. The molecule has 2 amide bonds. The SMILES string of the molecule is N=C=O.NC(=O)NCC(O)(O)O. The molecule has 0 saturated heterocycles. The van der Waals surface area contributed by atoms with Crippen molar-refractivity contribution in [2.24, 2.45) is 5.73 Å². The molecule has 0 aromatic carbocycles. The van der Waals surface area contributed by atoms with Crippen molar-refractivity contribution >= 4 is 12.1 Å². The van der Waals surface area contributed by atoms with Crippen LogP contribution in [0, 0.1) is 5.41 Å². The molecule has 0 fully saturated rings. The van der Waals surface area contributed by atoms with E-state index < -0.39 is 18.5 Å². The van der Waals surface area contributed by atoms with Crippen molar-refractivity contribution in [1.29, 1.82) is 5.41 Å². The Morgan fingerprint density at radius 1 is 1.58 bits per heavy atom. The predicted molar refractivity (Wildman–Crippen MR) is 35.4 cm³/mol. The van der Waals surface area contributed by atoms with Crippen molar-refractivity contribution < 1.29 is 24.9 Å². The molecular formula is C4H9N3O5. The van der Waals surface area contributed by atoms with Crippen molar-refractivity contribution in [3.8, 4) is 0 Å². The van der Waals surface area contributed by atoms with Gasteiger partial charge in [0, 0.05) is 0 Å². The molecule has 0 saturated carbocycles. The number of nitrogens with two attached hydrogens (primary N) is 1. The number of rotatable bonds is 2. The topological polar surface area (TPSA) is 157 Å². The molecule has 0 aliphatic rings. The van der Waals surface area contributed by atoms with Crippen LogP contribution in [0.1, 0.15) is 0 Å². The Hall–Kier alpha value is -1.47. The molecule has 8 nitrogen and oxygen atoms in total. The van der Waals surface area contributed by atoms with Crippen LogP contribution in [0.4, 0.5) is 4.79 Å². The van der Waals surface area contributed by atoms with Gasteiger partial charge in [-0.1, -0.05) is 0 Å². The van der Waals surface area contributed by atoms with Gasteiger partial charge in [-0.05, 0) is 0 Å². The van der Waals surface area contributed by atoms with E-state index in [0.717, 1.165) is 6.08 Å².